The second-order valence-corrected chi connectivity index (χ2v) is 8.14. The summed E-state index contributed by atoms with van der Waals surface area (Å²) in [5.74, 6) is 0.379. The predicted octanol–water partition coefficient (Wildman–Crippen LogP) is -0.118. The number of hydrogen-bond acceptors (Lipinski definition) is 0. The first kappa shape index (κ1) is 19.6. The average Bonchev–Trinajstić information content (AvgIpc) is 3.08. The van der Waals surface area contributed by atoms with E-state index in [9.17, 15) is 0 Å². The molecule has 3 heteroatoms. The van der Waals surface area contributed by atoms with E-state index < -0.39 is 0 Å². The van der Waals surface area contributed by atoms with Crippen LogP contribution in [0.4, 0.5) is 0 Å². The van der Waals surface area contributed by atoms with E-state index in [0.717, 1.165) is 0 Å². The van der Waals surface area contributed by atoms with Gasteiger partial charge < -0.3 is 24.8 Å². The number of hydrogen-bond donors (Lipinski definition) is 0. The van der Waals surface area contributed by atoms with E-state index in [-0.39, 0.29) is 24.8 Å². The molecular formula is C23H17Cl2Zr. The van der Waals surface area contributed by atoms with Crippen molar-refractivity contribution in [2.45, 2.75) is 16.5 Å². The van der Waals surface area contributed by atoms with Crippen LogP contribution < -0.4 is 24.8 Å². The third-order valence-electron chi connectivity index (χ3n) is 5.54. The Labute approximate surface area is 182 Å². The van der Waals surface area contributed by atoms with E-state index >= 15 is 0 Å². The van der Waals surface area contributed by atoms with E-state index in [0.29, 0.717) is 9.54 Å². The fourth-order valence-corrected chi connectivity index (χ4v) is 5.45. The molecule has 0 aromatic heterocycles. The molecule has 3 aromatic rings. The van der Waals surface area contributed by atoms with E-state index in [2.05, 4.69) is 79.7 Å². The van der Waals surface area contributed by atoms with Crippen molar-refractivity contribution >= 4 is 5.57 Å². The van der Waals surface area contributed by atoms with Gasteiger partial charge in [0, 0.05) is 0 Å². The molecule has 3 aromatic carbocycles. The second kappa shape index (κ2) is 7.47. The van der Waals surface area contributed by atoms with E-state index in [1.165, 1.54) is 33.4 Å². The minimum atomic E-state index is 0. The molecule has 1 atom stereocenters. The summed E-state index contributed by atoms with van der Waals surface area (Å²) in [4.78, 5) is 0. The quantitative estimate of drug-likeness (QED) is 0.480. The molecule has 1 unspecified atom stereocenters. The van der Waals surface area contributed by atoms with Gasteiger partial charge in [0.05, 0.1) is 0 Å². The molecular weight excluding hydrogens is 438 g/mol. The van der Waals surface area contributed by atoms with Crippen molar-refractivity contribution in [3.63, 3.8) is 0 Å². The maximum absolute atomic E-state index is 2.35. The van der Waals surface area contributed by atoms with Crippen LogP contribution in [0.5, 0.6) is 0 Å². The van der Waals surface area contributed by atoms with Gasteiger partial charge in [0.25, 0.3) is 0 Å². The summed E-state index contributed by atoms with van der Waals surface area (Å²) in [5.41, 5.74) is 11.8. The van der Waals surface area contributed by atoms with Gasteiger partial charge in [-0.1, -0.05) is 0 Å². The maximum atomic E-state index is 2.35. The van der Waals surface area contributed by atoms with Gasteiger partial charge in [-0.05, 0) is 0 Å². The van der Waals surface area contributed by atoms with Crippen LogP contribution in [0.15, 0.2) is 78.4 Å². The summed E-state index contributed by atoms with van der Waals surface area (Å²) in [6, 6.07) is 26.9. The van der Waals surface area contributed by atoms with Gasteiger partial charge in [0.15, 0.2) is 0 Å². The van der Waals surface area contributed by atoms with Crippen LogP contribution >= 0.6 is 0 Å². The molecule has 26 heavy (non-hydrogen) atoms. The minimum Gasteiger partial charge on any atom is -1.00 e. The number of benzene rings is 3. The molecule has 2 aliphatic carbocycles. The van der Waals surface area contributed by atoms with Gasteiger partial charge in [-0.2, -0.15) is 0 Å². The Morgan fingerprint density at radius 1 is 0.615 bits per heavy atom. The topological polar surface area (TPSA) is 0 Å². The Morgan fingerprint density at radius 3 is 1.58 bits per heavy atom. The predicted molar refractivity (Wildman–Crippen MR) is 95.5 cm³/mol. The summed E-state index contributed by atoms with van der Waals surface area (Å²) >= 11 is 1.59. The van der Waals surface area contributed by atoms with Gasteiger partial charge in [-0.25, -0.2) is 0 Å². The van der Waals surface area contributed by atoms with Crippen molar-refractivity contribution in [2.75, 3.05) is 0 Å². The van der Waals surface area contributed by atoms with Crippen molar-refractivity contribution in [3.8, 4) is 11.1 Å². The number of allylic oxidation sites excluding steroid dienone is 2. The monoisotopic (exact) mass is 453 g/mol. The van der Waals surface area contributed by atoms with Crippen LogP contribution in [0.2, 0.25) is 0 Å². The molecule has 0 saturated heterocycles. The van der Waals surface area contributed by atoms with Crippen LogP contribution in [-0.4, -0.2) is 0 Å². The summed E-state index contributed by atoms with van der Waals surface area (Å²) in [6.45, 7) is 2.35. The number of halogens is 2. The van der Waals surface area contributed by atoms with Crippen LogP contribution in [0.1, 0.15) is 38.7 Å². The second-order valence-electron chi connectivity index (χ2n) is 6.72. The standard InChI is InChI=1S/C23H17.2ClH.Zr/c1-15-14-16-8-2-3-9-17(16)22(15)23-20-12-6-4-10-18(20)19-11-5-7-13-21(19)23;;;/h2-14,23H,1H3;2*1H;/q;;;+2/p-2. The van der Waals surface area contributed by atoms with Crippen LogP contribution in [0.25, 0.3) is 16.7 Å². The molecule has 0 bridgehead atoms. The first-order chi connectivity index (χ1) is 11.8. The molecule has 0 aliphatic heterocycles. The molecule has 0 fully saturated rings. The zero-order chi connectivity index (χ0) is 16.3. The fraction of sp³-hybridized carbons (Fsp3) is 0.130. The molecule has 0 spiro atoms. The minimum absolute atomic E-state index is 0. The first-order valence-electron chi connectivity index (χ1n) is 8.46. The van der Waals surface area contributed by atoms with Gasteiger partial charge in [-0.15, -0.1) is 0 Å². The fourth-order valence-electron chi connectivity index (χ4n) is 4.44. The Kier molecular flexibility index (Phi) is 5.64. The molecule has 0 amide bonds. The molecule has 0 saturated carbocycles. The molecule has 0 heterocycles. The molecule has 127 valence electrons. The van der Waals surface area contributed by atoms with Crippen molar-refractivity contribution in [2.24, 2.45) is 0 Å². The van der Waals surface area contributed by atoms with Crippen molar-refractivity contribution in [3.05, 3.63) is 101 Å². The Morgan fingerprint density at radius 2 is 1.04 bits per heavy atom. The summed E-state index contributed by atoms with van der Waals surface area (Å²) in [5, 5.41) is 0. The molecule has 0 radical (unpaired) electrons. The molecule has 5 rings (SSSR count). The van der Waals surface area contributed by atoms with Gasteiger partial charge in [0.1, 0.15) is 0 Å². The molecule has 0 nitrogen and oxygen atoms in total. The van der Waals surface area contributed by atoms with Crippen LogP contribution in [-0.2, 0) is 24.7 Å². The van der Waals surface area contributed by atoms with E-state index in [4.69, 9.17) is 0 Å². The largest absolute Gasteiger partial charge is 1.00 e. The van der Waals surface area contributed by atoms with Crippen molar-refractivity contribution in [1.29, 1.82) is 0 Å². The normalized spacial score (nSPS) is 17.1. The van der Waals surface area contributed by atoms with E-state index in [1.807, 2.05) is 0 Å². The molecule has 0 N–H and O–H groups in total. The maximum Gasteiger partial charge on any atom is -1.00 e. The average molecular weight is 456 g/mol. The Bertz CT molecular complexity index is 961. The van der Waals surface area contributed by atoms with Gasteiger partial charge in [0.2, 0.25) is 0 Å². The van der Waals surface area contributed by atoms with Gasteiger partial charge >= 0.3 is 159 Å². The first-order valence-corrected chi connectivity index (χ1v) is 9.88. The SMILES string of the molecule is CC1=C(C2c3ccccc3-c3ccccc32)c2ccccc2[CH]1[Zr+2].[Cl-].[Cl-]. The number of rotatable bonds is 1. The van der Waals surface area contributed by atoms with Crippen molar-refractivity contribution in [1.82, 2.24) is 0 Å². The zero-order valence-electron chi connectivity index (χ0n) is 14.3. The van der Waals surface area contributed by atoms with Gasteiger partial charge in [-0.3, -0.25) is 0 Å². The smallest absolute Gasteiger partial charge is 1.00 e. The van der Waals surface area contributed by atoms with Crippen LogP contribution in [0, 0.1) is 0 Å². The Hall–Kier alpha value is -1.14. The third kappa shape index (κ3) is 2.68. The number of fused-ring (bicyclic) bond motifs is 4. The zero-order valence-corrected chi connectivity index (χ0v) is 18.3. The summed E-state index contributed by atoms with van der Waals surface area (Å²) in [7, 11) is 0. The Balaban J connectivity index is 0.000000980. The van der Waals surface area contributed by atoms with Crippen LogP contribution in [0.3, 0.4) is 0 Å². The van der Waals surface area contributed by atoms with Crippen molar-refractivity contribution < 1.29 is 49.5 Å². The molecule has 2 aliphatic rings. The van der Waals surface area contributed by atoms with E-state index in [1.54, 1.807) is 35.9 Å². The third-order valence-corrected chi connectivity index (χ3v) is 7.37. The summed E-state index contributed by atoms with van der Waals surface area (Å²) in [6.07, 6.45) is 0. The summed E-state index contributed by atoms with van der Waals surface area (Å²) < 4.78 is 0.600.